The summed E-state index contributed by atoms with van der Waals surface area (Å²) in [6.45, 7) is 3.48. The van der Waals surface area contributed by atoms with E-state index in [4.69, 9.17) is 4.74 Å². The summed E-state index contributed by atoms with van der Waals surface area (Å²) >= 11 is 1.45. The maximum Gasteiger partial charge on any atom is 0.269 e. The molecule has 1 aromatic heterocycles. The van der Waals surface area contributed by atoms with Crippen molar-refractivity contribution in [1.29, 1.82) is 0 Å². The first-order chi connectivity index (χ1) is 10.5. The molecule has 5 heteroatoms. The molecular weight excluding hydrogens is 296 g/mol. The van der Waals surface area contributed by atoms with Crippen LogP contribution in [0.2, 0.25) is 0 Å². The highest BCUT2D eigenvalue weighted by atomic mass is 32.1. The summed E-state index contributed by atoms with van der Waals surface area (Å²) in [7, 11) is 0. The van der Waals surface area contributed by atoms with Crippen LogP contribution in [0.15, 0.2) is 54.6 Å². The van der Waals surface area contributed by atoms with E-state index >= 15 is 0 Å². The summed E-state index contributed by atoms with van der Waals surface area (Å²) in [6, 6.07) is 17.1. The highest BCUT2D eigenvalue weighted by Crippen LogP contribution is 2.27. The highest BCUT2D eigenvalue weighted by Gasteiger charge is 2.30. The Bertz CT molecular complexity index is 764. The molecule has 0 bridgehead atoms. The lowest BCUT2D eigenvalue weighted by Crippen LogP contribution is -2.42. The van der Waals surface area contributed by atoms with Crippen LogP contribution in [-0.2, 0) is 4.79 Å². The number of benzene rings is 2. The quantitative estimate of drug-likeness (QED) is 0.789. The number of ether oxygens (including phenoxy) is 1. The maximum atomic E-state index is 12.4. The summed E-state index contributed by atoms with van der Waals surface area (Å²) in [4.78, 5) is 16.9. The maximum absolute atomic E-state index is 12.4. The molecule has 0 saturated heterocycles. The lowest BCUT2D eigenvalue weighted by atomic mass is 10.1. The minimum atomic E-state index is -0.987. The van der Waals surface area contributed by atoms with Gasteiger partial charge in [-0.1, -0.05) is 41.7 Å². The lowest BCUT2D eigenvalue weighted by molar-refractivity contribution is -0.128. The third-order valence-corrected chi connectivity index (χ3v) is 4.13. The zero-order valence-electron chi connectivity index (χ0n) is 12.4. The number of hydrogen-bond acceptors (Lipinski definition) is 4. The average molecular weight is 312 g/mol. The van der Waals surface area contributed by atoms with Gasteiger partial charge < -0.3 is 4.74 Å². The fourth-order valence-electron chi connectivity index (χ4n) is 2.00. The van der Waals surface area contributed by atoms with Gasteiger partial charge in [0.15, 0.2) is 10.7 Å². The topological polar surface area (TPSA) is 51.2 Å². The number of amides is 1. The van der Waals surface area contributed by atoms with E-state index in [1.165, 1.54) is 11.3 Å². The van der Waals surface area contributed by atoms with Gasteiger partial charge in [-0.25, -0.2) is 4.98 Å². The third kappa shape index (κ3) is 3.09. The van der Waals surface area contributed by atoms with Crippen molar-refractivity contribution in [2.45, 2.75) is 19.4 Å². The molecule has 22 heavy (non-hydrogen) atoms. The summed E-state index contributed by atoms with van der Waals surface area (Å²) in [5.41, 5.74) is -0.108. The molecule has 1 N–H and O–H groups in total. The molecule has 0 aliphatic rings. The molecule has 0 radical (unpaired) electrons. The standard InChI is InChI=1S/C17H16N2O2S/c1-17(2,21-12-8-4-3-5-9-12)15(20)19-16-18-13-10-6-7-11-14(13)22-16/h3-11H,1-2H3,(H,18,19,20). The Hall–Kier alpha value is -2.40. The molecular formula is C17H16N2O2S. The van der Waals surface area contributed by atoms with Gasteiger partial charge in [0.25, 0.3) is 5.91 Å². The number of carbonyl (C=O) groups excluding carboxylic acids is 1. The van der Waals surface area contributed by atoms with Crippen molar-refractivity contribution in [3.63, 3.8) is 0 Å². The third-order valence-electron chi connectivity index (χ3n) is 3.18. The number of nitrogens with one attached hydrogen (secondary N) is 1. The molecule has 0 saturated carbocycles. The van der Waals surface area contributed by atoms with Crippen molar-refractivity contribution in [2.75, 3.05) is 5.32 Å². The predicted molar refractivity (Wildman–Crippen MR) is 89.4 cm³/mol. The van der Waals surface area contributed by atoms with E-state index in [2.05, 4.69) is 10.3 Å². The number of nitrogens with zero attached hydrogens (tertiary/aromatic N) is 1. The Kier molecular flexibility index (Phi) is 3.81. The number of hydrogen-bond donors (Lipinski definition) is 1. The molecule has 0 spiro atoms. The number of anilines is 1. The van der Waals surface area contributed by atoms with Gasteiger partial charge in [-0.05, 0) is 38.1 Å². The van der Waals surface area contributed by atoms with Crippen LogP contribution >= 0.6 is 11.3 Å². The van der Waals surface area contributed by atoms with Gasteiger partial charge in [0.2, 0.25) is 0 Å². The van der Waals surface area contributed by atoms with E-state index in [1.54, 1.807) is 13.8 Å². The van der Waals surface area contributed by atoms with Gasteiger partial charge in [0.05, 0.1) is 10.2 Å². The van der Waals surface area contributed by atoms with Crippen molar-refractivity contribution in [3.8, 4) is 5.75 Å². The Labute approximate surface area is 132 Å². The zero-order chi connectivity index (χ0) is 15.6. The van der Waals surface area contributed by atoms with Crippen LogP contribution in [-0.4, -0.2) is 16.5 Å². The SMILES string of the molecule is CC(C)(Oc1ccccc1)C(=O)Nc1nc2ccccc2s1. The van der Waals surface area contributed by atoms with Crippen LogP contribution in [0.4, 0.5) is 5.13 Å². The minimum absolute atomic E-state index is 0.226. The summed E-state index contributed by atoms with van der Waals surface area (Å²) in [5.74, 6) is 0.433. The normalized spacial score (nSPS) is 11.4. The first-order valence-electron chi connectivity index (χ1n) is 6.96. The zero-order valence-corrected chi connectivity index (χ0v) is 13.2. The van der Waals surface area contributed by atoms with Crippen LogP contribution in [0, 0.1) is 0 Å². The van der Waals surface area contributed by atoms with E-state index in [1.807, 2.05) is 54.6 Å². The van der Waals surface area contributed by atoms with Crippen LogP contribution < -0.4 is 10.1 Å². The summed E-state index contributed by atoms with van der Waals surface area (Å²) in [6.07, 6.45) is 0. The largest absolute Gasteiger partial charge is 0.478 e. The van der Waals surface area contributed by atoms with E-state index in [0.717, 1.165) is 10.2 Å². The molecule has 0 fully saturated rings. The number of aromatic nitrogens is 1. The number of para-hydroxylation sites is 2. The molecule has 3 rings (SSSR count). The van der Waals surface area contributed by atoms with Gasteiger partial charge in [-0.3, -0.25) is 10.1 Å². The molecule has 0 unspecified atom stereocenters. The Morgan fingerprint density at radius 1 is 1.09 bits per heavy atom. The van der Waals surface area contributed by atoms with Crippen LogP contribution in [0.25, 0.3) is 10.2 Å². The second kappa shape index (κ2) is 5.77. The first-order valence-corrected chi connectivity index (χ1v) is 7.77. The van der Waals surface area contributed by atoms with Crippen molar-refractivity contribution >= 4 is 32.6 Å². The molecule has 0 aliphatic heterocycles. The van der Waals surface area contributed by atoms with Gasteiger partial charge >= 0.3 is 0 Å². The van der Waals surface area contributed by atoms with Gasteiger partial charge in [0, 0.05) is 0 Å². The van der Waals surface area contributed by atoms with E-state index in [9.17, 15) is 4.79 Å². The van der Waals surface area contributed by atoms with E-state index in [0.29, 0.717) is 10.9 Å². The fraction of sp³-hybridized carbons (Fsp3) is 0.176. The van der Waals surface area contributed by atoms with Gasteiger partial charge in [-0.15, -0.1) is 0 Å². The molecule has 3 aromatic rings. The Morgan fingerprint density at radius 2 is 1.77 bits per heavy atom. The van der Waals surface area contributed by atoms with E-state index < -0.39 is 5.60 Å². The minimum Gasteiger partial charge on any atom is -0.478 e. The molecule has 0 atom stereocenters. The fourth-order valence-corrected chi connectivity index (χ4v) is 2.86. The number of thiazole rings is 1. The predicted octanol–water partition coefficient (Wildman–Crippen LogP) is 4.09. The number of carbonyl (C=O) groups is 1. The monoisotopic (exact) mass is 312 g/mol. The Balaban J connectivity index is 1.75. The number of fused-ring (bicyclic) bond motifs is 1. The smallest absolute Gasteiger partial charge is 0.269 e. The second-order valence-electron chi connectivity index (χ2n) is 5.37. The van der Waals surface area contributed by atoms with Crippen molar-refractivity contribution in [2.24, 2.45) is 0 Å². The highest BCUT2D eigenvalue weighted by molar-refractivity contribution is 7.22. The molecule has 0 aliphatic carbocycles. The molecule has 112 valence electrons. The van der Waals surface area contributed by atoms with Crippen molar-refractivity contribution in [3.05, 3.63) is 54.6 Å². The molecule has 2 aromatic carbocycles. The molecule has 1 amide bonds. The van der Waals surface area contributed by atoms with Gasteiger partial charge in [-0.2, -0.15) is 0 Å². The summed E-state index contributed by atoms with van der Waals surface area (Å²) in [5, 5.41) is 3.41. The molecule has 4 nitrogen and oxygen atoms in total. The van der Waals surface area contributed by atoms with Gasteiger partial charge in [0.1, 0.15) is 5.75 Å². The second-order valence-corrected chi connectivity index (χ2v) is 6.40. The summed E-state index contributed by atoms with van der Waals surface area (Å²) < 4.78 is 6.82. The van der Waals surface area contributed by atoms with Crippen molar-refractivity contribution in [1.82, 2.24) is 4.98 Å². The van der Waals surface area contributed by atoms with Crippen LogP contribution in [0.5, 0.6) is 5.75 Å². The van der Waals surface area contributed by atoms with Crippen molar-refractivity contribution < 1.29 is 9.53 Å². The molecule has 1 heterocycles. The average Bonchev–Trinajstić information content (AvgIpc) is 2.90. The van der Waals surface area contributed by atoms with E-state index in [-0.39, 0.29) is 5.91 Å². The Morgan fingerprint density at radius 3 is 2.50 bits per heavy atom. The van der Waals surface area contributed by atoms with Crippen LogP contribution in [0.1, 0.15) is 13.8 Å². The van der Waals surface area contributed by atoms with Crippen LogP contribution in [0.3, 0.4) is 0 Å². The first kappa shape index (κ1) is 14.5. The lowest BCUT2D eigenvalue weighted by Gasteiger charge is -2.24. The number of rotatable bonds is 4.